The van der Waals surface area contributed by atoms with E-state index < -0.39 is 5.91 Å². The number of carbonyl (C=O) groups is 1. The third-order valence-corrected chi connectivity index (χ3v) is 5.12. The zero-order valence-corrected chi connectivity index (χ0v) is 17.1. The molecule has 0 aliphatic rings. The van der Waals surface area contributed by atoms with Gasteiger partial charge in [-0.3, -0.25) is 9.20 Å². The van der Waals surface area contributed by atoms with Crippen LogP contribution in [0.3, 0.4) is 0 Å². The number of fused-ring (bicyclic) bond motifs is 3. The van der Waals surface area contributed by atoms with Gasteiger partial charge in [-0.15, -0.1) is 0 Å². The van der Waals surface area contributed by atoms with Crippen molar-refractivity contribution < 1.29 is 9.53 Å². The van der Waals surface area contributed by atoms with Gasteiger partial charge in [-0.2, -0.15) is 4.98 Å². The topological polar surface area (TPSA) is 95.4 Å². The largest absolute Gasteiger partial charge is 0.481 e. The lowest BCUT2D eigenvalue weighted by Gasteiger charge is -2.16. The highest BCUT2D eigenvalue weighted by Crippen LogP contribution is 2.34. The summed E-state index contributed by atoms with van der Waals surface area (Å²) in [5.41, 5.74) is 11.9. The summed E-state index contributed by atoms with van der Waals surface area (Å²) in [4.78, 5) is 26.3. The van der Waals surface area contributed by atoms with Crippen molar-refractivity contribution in [3.63, 3.8) is 0 Å². The van der Waals surface area contributed by atoms with E-state index in [1.807, 2.05) is 50.3 Å². The lowest BCUT2D eigenvalue weighted by atomic mass is 9.91. The molecule has 0 saturated carbocycles. The van der Waals surface area contributed by atoms with Crippen LogP contribution in [0.1, 0.15) is 47.1 Å². The molecule has 0 bridgehead atoms. The second kappa shape index (κ2) is 6.84. The fourth-order valence-electron chi connectivity index (χ4n) is 3.96. The Morgan fingerprint density at radius 1 is 1.07 bits per heavy atom. The average Bonchev–Trinajstić information content (AvgIpc) is 3.05. The first-order valence-corrected chi connectivity index (χ1v) is 9.47. The molecule has 1 aromatic carbocycles. The van der Waals surface area contributed by atoms with Crippen LogP contribution in [0.4, 0.5) is 0 Å². The summed E-state index contributed by atoms with van der Waals surface area (Å²) in [5, 5.41) is 0. The maximum Gasteiger partial charge on any atom is 0.249 e. The SMILES string of the molecule is COc1ccc2nc(C)c3c(C)nc(-c4cccc(C(N)=O)c4C(C)C)n3c2n1. The quantitative estimate of drug-likeness (QED) is 0.573. The summed E-state index contributed by atoms with van der Waals surface area (Å²) in [6.45, 7) is 7.99. The number of nitrogens with two attached hydrogens (primary N) is 1. The van der Waals surface area contributed by atoms with Crippen molar-refractivity contribution in [2.24, 2.45) is 5.73 Å². The number of aryl methyl sites for hydroxylation is 2. The number of aromatic nitrogens is 4. The van der Waals surface area contributed by atoms with Crippen molar-refractivity contribution in [1.29, 1.82) is 0 Å². The van der Waals surface area contributed by atoms with Crippen molar-refractivity contribution >= 4 is 22.6 Å². The fraction of sp³-hybridized carbons (Fsp3) is 0.273. The molecule has 0 aliphatic carbocycles. The first-order valence-electron chi connectivity index (χ1n) is 9.47. The number of methoxy groups -OCH3 is 1. The molecule has 7 nitrogen and oxygen atoms in total. The minimum Gasteiger partial charge on any atom is -0.481 e. The van der Waals surface area contributed by atoms with Crippen LogP contribution in [0.15, 0.2) is 30.3 Å². The van der Waals surface area contributed by atoms with Crippen molar-refractivity contribution in [2.45, 2.75) is 33.6 Å². The van der Waals surface area contributed by atoms with Gasteiger partial charge < -0.3 is 10.5 Å². The average molecular weight is 389 g/mol. The monoisotopic (exact) mass is 389 g/mol. The molecule has 3 aromatic heterocycles. The van der Waals surface area contributed by atoms with Gasteiger partial charge in [0.1, 0.15) is 11.3 Å². The molecule has 7 heteroatoms. The van der Waals surface area contributed by atoms with E-state index in [-0.39, 0.29) is 5.92 Å². The molecule has 148 valence electrons. The predicted octanol–water partition coefficient (Wildman–Crippen LogP) is 3.79. The highest BCUT2D eigenvalue weighted by molar-refractivity contribution is 5.96. The van der Waals surface area contributed by atoms with Gasteiger partial charge >= 0.3 is 0 Å². The number of hydrogen-bond donors (Lipinski definition) is 1. The Balaban J connectivity index is 2.19. The van der Waals surface area contributed by atoms with Gasteiger partial charge in [-0.05, 0) is 37.5 Å². The van der Waals surface area contributed by atoms with Crippen LogP contribution < -0.4 is 10.5 Å². The number of imidazole rings is 1. The number of primary amides is 1. The van der Waals surface area contributed by atoms with Gasteiger partial charge in [0.2, 0.25) is 11.8 Å². The molecule has 0 aliphatic heterocycles. The molecule has 4 rings (SSSR count). The Morgan fingerprint density at radius 2 is 1.79 bits per heavy atom. The molecule has 4 aromatic rings. The summed E-state index contributed by atoms with van der Waals surface area (Å²) in [6, 6.07) is 9.24. The molecule has 0 unspecified atom stereocenters. The lowest BCUT2D eigenvalue weighted by Crippen LogP contribution is -2.15. The Bertz CT molecular complexity index is 1270. The van der Waals surface area contributed by atoms with E-state index in [0.717, 1.165) is 33.5 Å². The van der Waals surface area contributed by atoms with Crippen LogP contribution in [-0.4, -0.2) is 32.4 Å². The van der Waals surface area contributed by atoms with Crippen LogP contribution in [0, 0.1) is 13.8 Å². The molecule has 0 fully saturated rings. The fourth-order valence-corrected chi connectivity index (χ4v) is 3.96. The van der Waals surface area contributed by atoms with Crippen LogP contribution in [0.25, 0.3) is 28.1 Å². The Morgan fingerprint density at radius 3 is 2.45 bits per heavy atom. The number of pyridine rings is 1. The van der Waals surface area contributed by atoms with Crippen molar-refractivity contribution in [3.05, 3.63) is 52.8 Å². The number of benzene rings is 1. The summed E-state index contributed by atoms with van der Waals surface area (Å²) >= 11 is 0. The molecule has 3 heterocycles. The number of hydrogen-bond acceptors (Lipinski definition) is 5. The number of nitrogens with zero attached hydrogens (tertiary/aromatic N) is 4. The molecule has 0 spiro atoms. The van der Waals surface area contributed by atoms with Gasteiger partial charge in [-0.1, -0.05) is 26.0 Å². The third kappa shape index (κ3) is 2.90. The van der Waals surface area contributed by atoms with Gasteiger partial charge in [0.25, 0.3) is 0 Å². The molecule has 0 saturated heterocycles. The molecule has 1 amide bonds. The number of ether oxygens (including phenoxy) is 1. The number of carbonyl (C=O) groups excluding carboxylic acids is 1. The number of amides is 1. The Labute approximate surface area is 168 Å². The van der Waals surface area contributed by atoms with E-state index in [4.69, 9.17) is 20.4 Å². The van der Waals surface area contributed by atoms with Gasteiger partial charge in [0.05, 0.1) is 24.0 Å². The van der Waals surface area contributed by atoms with E-state index >= 15 is 0 Å². The van der Waals surface area contributed by atoms with Crippen LogP contribution in [0.2, 0.25) is 0 Å². The smallest absolute Gasteiger partial charge is 0.249 e. The second-order valence-electron chi connectivity index (χ2n) is 7.38. The molecular formula is C22H23N5O2. The maximum atomic E-state index is 12.1. The van der Waals surface area contributed by atoms with Gasteiger partial charge in [-0.25, -0.2) is 9.97 Å². The molecule has 29 heavy (non-hydrogen) atoms. The molecular weight excluding hydrogens is 366 g/mol. The third-order valence-electron chi connectivity index (χ3n) is 5.12. The summed E-state index contributed by atoms with van der Waals surface area (Å²) in [5.74, 6) is 0.839. The van der Waals surface area contributed by atoms with Crippen molar-refractivity contribution in [1.82, 2.24) is 19.4 Å². The first-order chi connectivity index (χ1) is 13.8. The van der Waals surface area contributed by atoms with Gasteiger partial charge in [0, 0.05) is 17.2 Å². The van der Waals surface area contributed by atoms with Crippen LogP contribution in [0.5, 0.6) is 5.88 Å². The molecule has 2 N–H and O–H groups in total. The second-order valence-corrected chi connectivity index (χ2v) is 7.38. The van der Waals surface area contributed by atoms with Crippen molar-refractivity contribution in [2.75, 3.05) is 7.11 Å². The standard InChI is InChI=1S/C22H23N5O2/c1-11(2)18-14(20(23)28)7-6-8-15(18)21-25-13(4)19-12(3)24-16-9-10-17(29-5)26-22(16)27(19)21/h6-11H,1-5H3,(H2,23,28). The molecule has 0 atom stereocenters. The highest BCUT2D eigenvalue weighted by Gasteiger charge is 2.23. The summed E-state index contributed by atoms with van der Waals surface area (Å²) < 4.78 is 7.33. The predicted molar refractivity (Wildman–Crippen MR) is 112 cm³/mol. The molecule has 0 radical (unpaired) electrons. The first kappa shape index (κ1) is 18.9. The van der Waals surface area contributed by atoms with E-state index in [1.165, 1.54) is 0 Å². The van der Waals surface area contributed by atoms with Crippen molar-refractivity contribution in [3.8, 4) is 17.3 Å². The normalized spacial score (nSPS) is 11.5. The van der Waals surface area contributed by atoms with Gasteiger partial charge in [0.15, 0.2) is 5.65 Å². The summed E-state index contributed by atoms with van der Waals surface area (Å²) in [6.07, 6.45) is 0. The maximum absolute atomic E-state index is 12.1. The Hall–Kier alpha value is -3.48. The summed E-state index contributed by atoms with van der Waals surface area (Å²) in [7, 11) is 1.58. The van der Waals surface area contributed by atoms with E-state index in [9.17, 15) is 4.79 Å². The van der Waals surface area contributed by atoms with E-state index in [0.29, 0.717) is 22.9 Å². The number of rotatable bonds is 4. The zero-order valence-electron chi connectivity index (χ0n) is 17.1. The minimum atomic E-state index is -0.448. The zero-order chi connectivity index (χ0) is 20.9. The van der Waals surface area contributed by atoms with Crippen LogP contribution in [-0.2, 0) is 0 Å². The van der Waals surface area contributed by atoms with E-state index in [2.05, 4.69) is 4.98 Å². The highest BCUT2D eigenvalue weighted by atomic mass is 16.5. The van der Waals surface area contributed by atoms with E-state index in [1.54, 1.807) is 19.2 Å². The Kier molecular flexibility index (Phi) is 4.45. The minimum absolute atomic E-state index is 0.0815. The van der Waals surface area contributed by atoms with Crippen LogP contribution >= 0.6 is 0 Å². The lowest BCUT2D eigenvalue weighted by molar-refractivity contribution is 0.0999.